The molecule has 6 nitrogen and oxygen atoms in total. The second-order valence-electron chi connectivity index (χ2n) is 5.93. The van der Waals surface area contributed by atoms with Crippen molar-refractivity contribution in [1.29, 1.82) is 0 Å². The molecule has 2 rings (SSSR count). The highest BCUT2D eigenvalue weighted by Crippen LogP contribution is 2.28. The third-order valence-corrected chi connectivity index (χ3v) is 3.89. The molecule has 1 heterocycles. The maximum Gasteiger partial charge on any atom is 0.191 e. The predicted molar refractivity (Wildman–Crippen MR) is 106 cm³/mol. The van der Waals surface area contributed by atoms with Gasteiger partial charge in [0.1, 0.15) is 0 Å². The van der Waals surface area contributed by atoms with Gasteiger partial charge in [0.05, 0.1) is 13.2 Å². The first-order valence-electron chi connectivity index (χ1n) is 9.10. The Balaban J connectivity index is 1.84. The Morgan fingerprint density at radius 1 is 1.04 bits per heavy atom. The molecule has 0 aliphatic heterocycles. The fourth-order valence-corrected chi connectivity index (χ4v) is 2.65. The molecule has 142 valence electrons. The van der Waals surface area contributed by atoms with Crippen LogP contribution in [0.25, 0.3) is 0 Å². The molecule has 0 aliphatic carbocycles. The van der Waals surface area contributed by atoms with Gasteiger partial charge in [-0.15, -0.1) is 0 Å². The van der Waals surface area contributed by atoms with Crippen LogP contribution in [-0.2, 0) is 20.0 Å². The monoisotopic (exact) mass is 358 g/mol. The summed E-state index contributed by atoms with van der Waals surface area (Å²) in [6.45, 7) is 6.74. The number of ether oxygens (including phenoxy) is 2. The summed E-state index contributed by atoms with van der Waals surface area (Å²) in [4.78, 5) is 4.27. The van der Waals surface area contributed by atoms with Crippen molar-refractivity contribution in [3.8, 4) is 11.5 Å². The van der Waals surface area contributed by atoms with Gasteiger partial charge in [0, 0.05) is 39.6 Å². The van der Waals surface area contributed by atoms with Crippen LogP contribution < -0.4 is 20.1 Å². The number of benzene rings is 1. The van der Waals surface area contributed by atoms with Crippen LogP contribution in [0.2, 0.25) is 0 Å². The first kappa shape index (κ1) is 19.7. The molecule has 0 unspecified atom stereocenters. The largest absolute Gasteiger partial charge is 0.490 e. The Morgan fingerprint density at radius 3 is 2.46 bits per heavy atom. The van der Waals surface area contributed by atoms with Crippen LogP contribution in [-0.4, -0.2) is 37.3 Å². The lowest BCUT2D eigenvalue weighted by Crippen LogP contribution is -2.37. The van der Waals surface area contributed by atoms with Gasteiger partial charge in [0.2, 0.25) is 0 Å². The average molecular weight is 358 g/mol. The summed E-state index contributed by atoms with van der Waals surface area (Å²) < 4.78 is 13.3. The number of hydrogen-bond acceptors (Lipinski definition) is 3. The van der Waals surface area contributed by atoms with Gasteiger partial charge in [-0.3, -0.25) is 4.99 Å². The van der Waals surface area contributed by atoms with Gasteiger partial charge in [0.25, 0.3) is 0 Å². The molecule has 0 spiro atoms. The second-order valence-corrected chi connectivity index (χ2v) is 5.93. The van der Waals surface area contributed by atoms with E-state index in [2.05, 4.69) is 40.0 Å². The number of aromatic nitrogens is 1. The Hall–Kier alpha value is -2.63. The van der Waals surface area contributed by atoms with Crippen LogP contribution in [0.15, 0.2) is 41.7 Å². The van der Waals surface area contributed by atoms with Crippen LogP contribution in [0.1, 0.15) is 25.0 Å². The van der Waals surface area contributed by atoms with E-state index in [0.717, 1.165) is 37.0 Å². The van der Waals surface area contributed by atoms with E-state index in [1.807, 2.05) is 37.7 Å². The van der Waals surface area contributed by atoms with E-state index in [9.17, 15) is 0 Å². The topological polar surface area (TPSA) is 59.8 Å². The molecule has 1 aromatic carbocycles. The maximum atomic E-state index is 5.68. The standard InChI is InChI=1S/C20H30N4O2/c1-5-25-18-8-7-16(13-19(18)26-6-2)9-11-22-20(21-3)23-14-17-10-12-24(4)15-17/h7-8,10,12-13,15H,5-6,9,11,14H2,1-4H3,(H2,21,22,23). The highest BCUT2D eigenvalue weighted by Gasteiger charge is 2.06. The average Bonchev–Trinajstić information content (AvgIpc) is 3.05. The Morgan fingerprint density at radius 2 is 1.81 bits per heavy atom. The van der Waals surface area contributed by atoms with Crippen molar-refractivity contribution in [2.24, 2.45) is 12.0 Å². The number of guanidine groups is 1. The summed E-state index contributed by atoms with van der Waals surface area (Å²) in [7, 11) is 3.80. The van der Waals surface area contributed by atoms with Crippen LogP contribution in [0, 0.1) is 0 Å². The molecule has 0 saturated heterocycles. The van der Waals surface area contributed by atoms with Crippen molar-refractivity contribution in [1.82, 2.24) is 15.2 Å². The lowest BCUT2D eigenvalue weighted by atomic mass is 10.1. The minimum atomic E-state index is 0.623. The Bertz CT molecular complexity index is 710. The van der Waals surface area contributed by atoms with E-state index in [0.29, 0.717) is 13.2 Å². The van der Waals surface area contributed by atoms with Crippen LogP contribution in [0.5, 0.6) is 11.5 Å². The summed E-state index contributed by atoms with van der Waals surface area (Å²) in [5.74, 6) is 2.40. The molecule has 26 heavy (non-hydrogen) atoms. The van der Waals surface area contributed by atoms with Crippen molar-refractivity contribution in [3.63, 3.8) is 0 Å². The van der Waals surface area contributed by atoms with Crippen molar-refractivity contribution in [2.45, 2.75) is 26.8 Å². The molecule has 6 heteroatoms. The van der Waals surface area contributed by atoms with E-state index in [1.165, 1.54) is 11.1 Å². The first-order valence-corrected chi connectivity index (χ1v) is 9.10. The highest BCUT2D eigenvalue weighted by atomic mass is 16.5. The Kier molecular flexibility index (Phi) is 7.86. The van der Waals surface area contributed by atoms with Gasteiger partial charge in [0.15, 0.2) is 17.5 Å². The molecule has 0 radical (unpaired) electrons. The van der Waals surface area contributed by atoms with Crippen LogP contribution in [0.3, 0.4) is 0 Å². The van der Waals surface area contributed by atoms with E-state index in [1.54, 1.807) is 7.05 Å². The number of rotatable bonds is 9. The minimum Gasteiger partial charge on any atom is -0.490 e. The summed E-state index contributed by atoms with van der Waals surface area (Å²) in [6, 6.07) is 8.20. The molecular weight excluding hydrogens is 328 g/mol. The quantitative estimate of drug-likeness (QED) is 0.534. The third kappa shape index (κ3) is 6.02. The molecule has 2 N–H and O–H groups in total. The van der Waals surface area contributed by atoms with Gasteiger partial charge in [-0.2, -0.15) is 0 Å². The third-order valence-electron chi connectivity index (χ3n) is 3.89. The molecule has 1 aromatic heterocycles. The predicted octanol–water partition coefficient (Wildman–Crippen LogP) is 2.73. The zero-order valence-corrected chi connectivity index (χ0v) is 16.2. The zero-order chi connectivity index (χ0) is 18.8. The SMILES string of the molecule is CCOc1ccc(CCNC(=NC)NCc2ccn(C)c2)cc1OCC. The number of aryl methyl sites for hydroxylation is 1. The van der Waals surface area contributed by atoms with Crippen LogP contribution in [0.4, 0.5) is 0 Å². The summed E-state index contributed by atoms with van der Waals surface area (Å²) in [6.07, 6.45) is 5.00. The van der Waals surface area contributed by atoms with Gasteiger partial charge < -0.3 is 24.7 Å². The van der Waals surface area contributed by atoms with Crippen LogP contribution >= 0.6 is 0 Å². The van der Waals surface area contributed by atoms with E-state index < -0.39 is 0 Å². The molecular formula is C20H30N4O2. The fourth-order valence-electron chi connectivity index (χ4n) is 2.65. The van der Waals surface area contributed by atoms with E-state index in [-0.39, 0.29) is 0 Å². The molecule has 0 aliphatic rings. The lowest BCUT2D eigenvalue weighted by Gasteiger charge is -2.14. The van der Waals surface area contributed by atoms with Gasteiger partial charge >= 0.3 is 0 Å². The second kappa shape index (κ2) is 10.4. The molecule has 0 atom stereocenters. The number of nitrogens with zero attached hydrogens (tertiary/aromatic N) is 2. The van der Waals surface area contributed by atoms with Crippen molar-refractivity contribution >= 4 is 5.96 Å². The smallest absolute Gasteiger partial charge is 0.191 e. The number of aliphatic imine (C=N–C) groups is 1. The first-order chi connectivity index (χ1) is 12.7. The zero-order valence-electron chi connectivity index (χ0n) is 16.2. The number of hydrogen-bond donors (Lipinski definition) is 2. The van der Waals surface area contributed by atoms with Gasteiger partial charge in [-0.25, -0.2) is 0 Å². The molecule has 2 aromatic rings. The highest BCUT2D eigenvalue weighted by molar-refractivity contribution is 5.79. The molecule has 0 bridgehead atoms. The summed E-state index contributed by atoms with van der Waals surface area (Å²) in [5.41, 5.74) is 2.42. The summed E-state index contributed by atoms with van der Waals surface area (Å²) in [5, 5.41) is 6.67. The van der Waals surface area contributed by atoms with Crippen molar-refractivity contribution in [2.75, 3.05) is 26.8 Å². The molecule has 0 saturated carbocycles. The Labute approximate surface area is 156 Å². The lowest BCUT2D eigenvalue weighted by molar-refractivity contribution is 0.287. The van der Waals surface area contributed by atoms with Crippen molar-refractivity contribution < 1.29 is 9.47 Å². The fraction of sp³-hybridized carbons (Fsp3) is 0.450. The van der Waals surface area contributed by atoms with E-state index >= 15 is 0 Å². The maximum absolute atomic E-state index is 5.68. The van der Waals surface area contributed by atoms with E-state index in [4.69, 9.17) is 9.47 Å². The van der Waals surface area contributed by atoms with Crippen molar-refractivity contribution in [3.05, 3.63) is 47.8 Å². The van der Waals surface area contributed by atoms with Gasteiger partial charge in [-0.05, 0) is 49.6 Å². The normalized spacial score (nSPS) is 11.3. The number of nitrogens with one attached hydrogen (secondary N) is 2. The molecule has 0 amide bonds. The minimum absolute atomic E-state index is 0.623. The van der Waals surface area contributed by atoms with Gasteiger partial charge in [-0.1, -0.05) is 6.07 Å². The molecule has 0 fully saturated rings. The summed E-state index contributed by atoms with van der Waals surface area (Å²) >= 11 is 0.